The minimum atomic E-state index is -0.924. The molecule has 1 atom stereocenters. The normalized spacial score (nSPS) is 19.1. The number of benzene rings is 1. The van der Waals surface area contributed by atoms with Crippen LogP contribution in [0.4, 0.5) is 4.39 Å². The largest absolute Gasteiger partial charge is 0.387 e. The van der Waals surface area contributed by atoms with Gasteiger partial charge in [-0.15, -0.1) is 0 Å². The summed E-state index contributed by atoms with van der Waals surface area (Å²) in [5.74, 6) is -0.0956. The van der Waals surface area contributed by atoms with E-state index in [-0.39, 0.29) is 18.3 Å². The van der Waals surface area contributed by atoms with E-state index in [1.807, 2.05) is 0 Å². The van der Waals surface area contributed by atoms with Gasteiger partial charge in [0.15, 0.2) is 0 Å². The van der Waals surface area contributed by atoms with Gasteiger partial charge >= 0.3 is 0 Å². The van der Waals surface area contributed by atoms with Crippen molar-refractivity contribution in [1.29, 1.82) is 0 Å². The molecule has 0 bridgehead atoms. The molecule has 1 N–H and O–H groups in total. The molecule has 0 amide bonds. The van der Waals surface area contributed by atoms with Crippen molar-refractivity contribution >= 4 is 11.6 Å². The summed E-state index contributed by atoms with van der Waals surface area (Å²) in [4.78, 5) is 0. The van der Waals surface area contributed by atoms with Gasteiger partial charge in [0.1, 0.15) is 5.82 Å². The molecule has 1 aromatic carbocycles. The SMILES string of the molecule is COCC(O)(Cc1cc(F)ccc1Cl)C1CC1. The third kappa shape index (κ3) is 2.97. The minimum Gasteiger partial charge on any atom is -0.387 e. The Morgan fingerprint density at radius 1 is 1.53 bits per heavy atom. The number of halogens is 2. The summed E-state index contributed by atoms with van der Waals surface area (Å²) in [5.41, 5.74) is -0.287. The highest BCUT2D eigenvalue weighted by molar-refractivity contribution is 6.31. The van der Waals surface area contributed by atoms with Crippen molar-refractivity contribution in [3.05, 3.63) is 34.6 Å². The van der Waals surface area contributed by atoms with Crippen molar-refractivity contribution < 1.29 is 14.2 Å². The summed E-state index contributed by atoms with van der Waals surface area (Å²) in [6.07, 6.45) is 2.32. The molecule has 0 heterocycles. The lowest BCUT2D eigenvalue weighted by Gasteiger charge is -2.27. The Bertz CT molecular complexity index is 406. The summed E-state index contributed by atoms with van der Waals surface area (Å²) in [6, 6.07) is 4.22. The average molecular weight is 259 g/mol. The van der Waals surface area contributed by atoms with Gasteiger partial charge in [-0.05, 0) is 42.5 Å². The molecule has 1 aliphatic rings. The van der Waals surface area contributed by atoms with Crippen LogP contribution in [0.15, 0.2) is 18.2 Å². The van der Waals surface area contributed by atoms with E-state index in [9.17, 15) is 9.50 Å². The molecule has 1 unspecified atom stereocenters. The summed E-state index contributed by atoms with van der Waals surface area (Å²) in [6.45, 7) is 0.254. The average Bonchev–Trinajstić information content (AvgIpc) is 3.07. The molecule has 0 aliphatic heterocycles. The summed E-state index contributed by atoms with van der Waals surface area (Å²) < 4.78 is 18.2. The zero-order valence-corrected chi connectivity index (χ0v) is 10.5. The van der Waals surface area contributed by atoms with Crippen molar-refractivity contribution in [2.24, 2.45) is 5.92 Å². The fraction of sp³-hybridized carbons (Fsp3) is 0.538. The van der Waals surface area contributed by atoms with E-state index in [1.165, 1.54) is 18.2 Å². The molecule has 2 rings (SSSR count). The number of methoxy groups -OCH3 is 1. The van der Waals surface area contributed by atoms with Gasteiger partial charge in [-0.3, -0.25) is 0 Å². The predicted molar refractivity (Wildman–Crippen MR) is 64.7 cm³/mol. The van der Waals surface area contributed by atoms with Crippen LogP contribution in [-0.2, 0) is 11.2 Å². The second-order valence-corrected chi connectivity index (χ2v) is 5.13. The second-order valence-electron chi connectivity index (χ2n) is 4.72. The molecule has 4 heteroatoms. The lowest BCUT2D eigenvalue weighted by molar-refractivity contribution is -0.0474. The second kappa shape index (κ2) is 4.92. The maximum Gasteiger partial charge on any atom is 0.123 e. The highest BCUT2D eigenvalue weighted by Crippen LogP contribution is 2.42. The Kier molecular flexibility index (Phi) is 3.71. The van der Waals surface area contributed by atoms with E-state index < -0.39 is 5.60 Å². The topological polar surface area (TPSA) is 29.5 Å². The molecule has 1 saturated carbocycles. The van der Waals surface area contributed by atoms with Crippen LogP contribution in [-0.4, -0.2) is 24.4 Å². The van der Waals surface area contributed by atoms with Crippen LogP contribution < -0.4 is 0 Å². The zero-order valence-electron chi connectivity index (χ0n) is 9.75. The third-order valence-electron chi connectivity index (χ3n) is 3.24. The highest BCUT2D eigenvalue weighted by Gasteiger charge is 2.44. The van der Waals surface area contributed by atoms with Gasteiger partial charge in [-0.1, -0.05) is 11.6 Å². The van der Waals surface area contributed by atoms with Gasteiger partial charge in [-0.2, -0.15) is 0 Å². The Labute approximate surface area is 105 Å². The molecule has 0 radical (unpaired) electrons. The van der Waals surface area contributed by atoms with Crippen LogP contribution in [0.2, 0.25) is 5.02 Å². The fourth-order valence-electron chi connectivity index (χ4n) is 2.19. The van der Waals surface area contributed by atoms with Crippen LogP contribution >= 0.6 is 11.6 Å². The van der Waals surface area contributed by atoms with E-state index in [4.69, 9.17) is 16.3 Å². The first-order valence-electron chi connectivity index (χ1n) is 5.70. The van der Waals surface area contributed by atoms with Crippen molar-refractivity contribution in [1.82, 2.24) is 0 Å². The lowest BCUT2D eigenvalue weighted by Crippen LogP contribution is -2.39. The van der Waals surface area contributed by atoms with Gasteiger partial charge in [-0.25, -0.2) is 4.39 Å². The summed E-state index contributed by atoms with van der Waals surface area (Å²) >= 11 is 6.01. The fourth-order valence-corrected chi connectivity index (χ4v) is 2.38. The first-order valence-corrected chi connectivity index (χ1v) is 6.08. The number of aliphatic hydroxyl groups is 1. The molecular weight excluding hydrogens is 243 g/mol. The molecule has 1 aromatic rings. The lowest BCUT2D eigenvalue weighted by atomic mass is 9.90. The van der Waals surface area contributed by atoms with Crippen LogP contribution in [0.5, 0.6) is 0 Å². The Morgan fingerprint density at radius 3 is 2.82 bits per heavy atom. The Hall–Kier alpha value is -0.640. The number of ether oxygens (including phenoxy) is 1. The minimum absolute atomic E-state index is 0.238. The number of hydrogen-bond donors (Lipinski definition) is 1. The molecular formula is C13H16ClFO2. The van der Waals surface area contributed by atoms with Crippen LogP contribution in [0, 0.1) is 11.7 Å². The van der Waals surface area contributed by atoms with E-state index in [0.717, 1.165) is 12.8 Å². The van der Waals surface area contributed by atoms with Gasteiger partial charge in [0.05, 0.1) is 12.2 Å². The predicted octanol–water partition coefficient (Wildman–Crippen LogP) is 2.81. The molecule has 0 spiro atoms. The maximum atomic E-state index is 13.2. The van der Waals surface area contributed by atoms with E-state index in [1.54, 1.807) is 7.11 Å². The van der Waals surface area contributed by atoms with Gasteiger partial charge < -0.3 is 9.84 Å². The van der Waals surface area contributed by atoms with Crippen LogP contribution in [0.1, 0.15) is 18.4 Å². The third-order valence-corrected chi connectivity index (χ3v) is 3.60. The zero-order chi connectivity index (χ0) is 12.5. The van der Waals surface area contributed by atoms with Gasteiger partial charge in [0, 0.05) is 18.6 Å². The van der Waals surface area contributed by atoms with Crippen LogP contribution in [0.3, 0.4) is 0 Å². The molecule has 2 nitrogen and oxygen atoms in total. The monoisotopic (exact) mass is 258 g/mol. The Balaban J connectivity index is 2.19. The quantitative estimate of drug-likeness (QED) is 0.880. The van der Waals surface area contributed by atoms with Crippen molar-refractivity contribution in [3.8, 4) is 0 Å². The first-order chi connectivity index (χ1) is 8.05. The molecule has 94 valence electrons. The smallest absolute Gasteiger partial charge is 0.123 e. The Morgan fingerprint density at radius 2 is 2.24 bits per heavy atom. The van der Waals surface area contributed by atoms with Crippen molar-refractivity contribution in [3.63, 3.8) is 0 Å². The van der Waals surface area contributed by atoms with Gasteiger partial charge in [0.25, 0.3) is 0 Å². The summed E-state index contributed by atoms with van der Waals surface area (Å²) in [7, 11) is 1.56. The van der Waals surface area contributed by atoms with Crippen molar-refractivity contribution in [2.75, 3.05) is 13.7 Å². The van der Waals surface area contributed by atoms with Crippen molar-refractivity contribution in [2.45, 2.75) is 24.9 Å². The summed E-state index contributed by atoms with van der Waals surface area (Å²) in [5, 5.41) is 11.0. The van der Waals surface area contributed by atoms with Crippen LogP contribution in [0.25, 0.3) is 0 Å². The van der Waals surface area contributed by atoms with Gasteiger partial charge in [0.2, 0.25) is 0 Å². The molecule has 1 fully saturated rings. The molecule has 0 saturated heterocycles. The molecule has 1 aliphatic carbocycles. The van der Waals surface area contributed by atoms with E-state index in [0.29, 0.717) is 17.0 Å². The highest BCUT2D eigenvalue weighted by atomic mass is 35.5. The molecule has 0 aromatic heterocycles. The number of rotatable bonds is 5. The molecule has 17 heavy (non-hydrogen) atoms. The first kappa shape index (κ1) is 12.8. The maximum absolute atomic E-state index is 13.2. The number of hydrogen-bond acceptors (Lipinski definition) is 2. The van der Waals surface area contributed by atoms with E-state index >= 15 is 0 Å². The standard InChI is InChI=1S/C13H16ClFO2/c1-17-8-13(16,10-2-3-10)7-9-6-11(15)4-5-12(9)14/h4-6,10,16H,2-3,7-8H2,1H3. The van der Waals surface area contributed by atoms with E-state index in [2.05, 4.69) is 0 Å².